The van der Waals surface area contributed by atoms with Crippen LogP contribution in [0, 0.1) is 5.82 Å². The predicted octanol–water partition coefficient (Wildman–Crippen LogP) is 1.50. The number of piperidine rings is 1. The number of hydrogen-bond donors (Lipinski definition) is 2. The van der Waals surface area contributed by atoms with Gasteiger partial charge < -0.3 is 10.3 Å². The minimum Gasteiger partial charge on any atom is -0.385 e. The maximum atomic E-state index is 12.7. The molecule has 0 aliphatic carbocycles. The Bertz CT molecular complexity index is 331. The highest BCUT2D eigenvalue weighted by Crippen LogP contribution is 2.32. The Hall–Kier alpha value is -0.970. The molecule has 2 rings (SSSR count). The van der Waals surface area contributed by atoms with Gasteiger partial charge in [-0.1, -0.05) is 12.1 Å². The second-order valence-corrected chi connectivity index (χ2v) is 3.99. The van der Waals surface area contributed by atoms with Crippen molar-refractivity contribution in [1.82, 2.24) is 5.06 Å². The molecular formula is C11H14FNO2. The summed E-state index contributed by atoms with van der Waals surface area (Å²) in [7, 11) is 0. The third-order valence-corrected chi connectivity index (χ3v) is 2.95. The Kier molecular flexibility index (Phi) is 2.73. The molecule has 0 amide bonds. The van der Waals surface area contributed by atoms with E-state index in [2.05, 4.69) is 0 Å². The van der Waals surface area contributed by atoms with Crippen molar-refractivity contribution in [2.75, 3.05) is 13.1 Å². The van der Waals surface area contributed by atoms with E-state index >= 15 is 0 Å². The van der Waals surface area contributed by atoms with Crippen LogP contribution in [-0.4, -0.2) is 28.5 Å². The highest BCUT2D eigenvalue weighted by molar-refractivity contribution is 5.23. The van der Waals surface area contributed by atoms with Crippen LogP contribution < -0.4 is 0 Å². The van der Waals surface area contributed by atoms with Gasteiger partial charge in [0.2, 0.25) is 0 Å². The smallest absolute Gasteiger partial charge is 0.123 e. The number of benzene rings is 1. The van der Waals surface area contributed by atoms with E-state index in [0.717, 1.165) is 5.56 Å². The van der Waals surface area contributed by atoms with Crippen LogP contribution in [0.5, 0.6) is 0 Å². The first-order valence-corrected chi connectivity index (χ1v) is 5.02. The molecule has 0 spiro atoms. The van der Waals surface area contributed by atoms with Gasteiger partial charge in [0.15, 0.2) is 0 Å². The number of rotatable bonds is 1. The average molecular weight is 211 g/mol. The summed E-state index contributed by atoms with van der Waals surface area (Å²) in [5, 5.41) is 20.7. The third kappa shape index (κ3) is 2.17. The number of aliphatic hydroxyl groups is 1. The van der Waals surface area contributed by atoms with Crippen molar-refractivity contribution in [1.29, 1.82) is 0 Å². The molecule has 3 nitrogen and oxygen atoms in total. The second-order valence-electron chi connectivity index (χ2n) is 3.99. The molecule has 0 unspecified atom stereocenters. The first-order valence-electron chi connectivity index (χ1n) is 5.02. The van der Waals surface area contributed by atoms with Crippen molar-refractivity contribution < 1.29 is 14.7 Å². The van der Waals surface area contributed by atoms with E-state index in [1.54, 1.807) is 12.1 Å². The van der Waals surface area contributed by atoms with Gasteiger partial charge in [-0.3, -0.25) is 0 Å². The summed E-state index contributed by atoms with van der Waals surface area (Å²) in [6.45, 7) is 0.877. The standard InChI is InChI=1S/C11H14FNO2/c12-10-3-1-9(2-4-10)11(14)5-7-13(15)8-6-11/h1-4,14-15H,5-8H2. The molecule has 0 saturated carbocycles. The molecule has 4 heteroatoms. The molecule has 0 radical (unpaired) electrons. The van der Waals surface area contributed by atoms with Crippen molar-refractivity contribution in [2.45, 2.75) is 18.4 Å². The number of hydrogen-bond acceptors (Lipinski definition) is 3. The lowest BCUT2D eigenvalue weighted by atomic mass is 9.85. The van der Waals surface area contributed by atoms with E-state index in [4.69, 9.17) is 0 Å². The Morgan fingerprint density at radius 3 is 2.20 bits per heavy atom. The van der Waals surface area contributed by atoms with Gasteiger partial charge in [-0.05, 0) is 30.5 Å². The third-order valence-electron chi connectivity index (χ3n) is 2.95. The van der Waals surface area contributed by atoms with E-state index in [0.29, 0.717) is 25.9 Å². The fourth-order valence-corrected chi connectivity index (χ4v) is 1.91. The van der Waals surface area contributed by atoms with Crippen molar-refractivity contribution in [2.24, 2.45) is 0 Å². The lowest BCUT2D eigenvalue weighted by Gasteiger charge is -2.35. The summed E-state index contributed by atoms with van der Waals surface area (Å²) < 4.78 is 12.7. The predicted molar refractivity (Wildman–Crippen MR) is 52.9 cm³/mol. The summed E-state index contributed by atoms with van der Waals surface area (Å²) >= 11 is 0. The highest BCUT2D eigenvalue weighted by Gasteiger charge is 2.33. The van der Waals surface area contributed by atoms with Crippen LogP contribution >= 0.6 is 0 Å². The van der Waals surface area contributed by atoms with Crippen LogP contribution in [0.1, 0.15) is 18.4 Å². The van der Waals surface area contributed by atoms with E-state index in [1.165, 1.54) is 17.2 Å². The molecule has 1 aromatic carbocycles. The minimum absolute atomic E-state index is 0.304. The summed E-state index contributed by atoms with van der Waals surface area (Å²) in [5.41, 5.74) is -0.204. The van der Waals surface area contributed by atoms with E-state index in [9.17, 15) is 14.7 Å². The van der Waals surface area contributed by atoms with Gasteiger partial charge in [-0.2, -0.15) is 5.06 Å². The lowest BCUT2D eigenvalue weighted by molar-refractivity contribution is -0.149. The lowest BCUT2D eigenvalue weighted by Crippen LogP contribution is -2.40. The van der Waals surface area contributed by atoms with Gasteiger partial charge in [-0.25, -0.2) is 4.39 Å². The summed E-state index contributed by atoms with van der Waals surface area (Å²) in [6.07, 6.45) is 0.935. The molecular weight excluding hydrogens is 197 g/mol. The van der Waals surface area contributed by atoms with Crippen LogP contribution in [0.3, 0.4) is 0 Å². The highest BCUT2D eigenvalue weighted by atomic mass is 19.1. The van der Waals surface area contributed by atoms with Gasteiger partial charge in [0, 0.05) is 13.1 Å². The van der Waals surface area contributed by atoms with Crippen LogP contribution in [0.15, 0.2) is 24.3 Å². The van der Waals surface area contributed by atoms with Crippen LogP contribution in [0.2, 0.25) is 0 Å². The van der Waals surface area contributed by atoms with Gasteiger partial charge in [0.05, 0.1) is 5.60 Å². The number of halogens is 1. The molecule has 2 N–H and O–H groups in total. The van der Waals surface area contributed by atoms with Gasteiger partial charge >= 0.3 is 0 Å². The first-order chi connectivity index (χ1) is 7.10. The summed E-state index contributed by atoms with van der Waals surface area (Å²) in [4.78, 5) is 0. The zero-order chi connectivity index (χ0) is 10.9. The quantitative estimate of drug-likeness (QED) is 0.739. The molecule has 1 heterocycles. The van der Waals surface area contributed by atoms with Gasteiger partial charge in [0.1, 0.15) is 5.82 Å². The molecule has 15 heavy (non-hydrogen) atoms. The Balaban J connectivity index is 2.18. The molecule has 1 aliphatic heterocycles. The second kappa shape index (κ2) is 3.89. The van der Waals surface area contributed by atoms with Gasteiger partial charge in [-0.15, -0.1) is 0 Å². The fraction of sp³-hybridized carbons (Fsp3) is 0.455. The van der Waals surface area contributed by atoms with Gasteiger partial charge in [0.25, 0.3) is 0 Å². The summed E-state index contributed by atoms with van der Waals surface area (Å²) in [5.74, 6) is -0.304. The zero-order valence-electron chi connectivity index (χ0n) is 8.36. The maximum absolute atomic E-state index is 12.7. The fourth-order valence-electron chi connectivity index (χ4n) is 1.91. The van der Waals surface area contributed by atoms with Crippen LogP contribution in [-0.2, 0) is 5.60 Å². The first kappa shape index (κ1) is 10.5. The van der Waals surface area contributed by atoms with Crippen molar-refractivity contribution in [3.8, 4) is 0 Å². The molecule has 0 atom stereocenters. The van der Waals surface area contributed by atoms with Crippen molar-refractivity contribution in [3.63, 3.8) is 0 Å². The molecule has 1 saturated heterocycles. The van der Waals surface area contributed by atoms with E-state index < -0.39 is 5.60 Å². The topological polar surface area (TPSA) is 43.7 Å². The molecule has 1 fully saturated rings. The van der Waals surface area contributed by atoms with Crippen LogP contribution in [0.4, 0.5) is 4.39 Å². The Morgan fingerprint density at radius 2 is 1.67 bits per heavy atom. The average Bonchev–Trinajstić information content (AvgIpc) is 2.24. The SMILES string of the molecule is ON1CCC(O)(c2ccc(F)cc2)CC1. The van der Waals surface area contributed by atoms with E-state index in [1.807, 2.05) is 0 Å². The monoisotopic (exact) mass is 211 g/mol. The maximum Gasteiger partial charge on any atom is 0.123 e. The van der Waals surface area contributed by atoms with Crippen molar-refractivity contribution in [3.05, 3.63) is 35.6 Å². The molecule has 0 aromatic heterocycles. The van der Waals surface area contributed by atoms with E-state index in [-0.39, 0.29) is 5.82 Å². The number of hydroxylamine groups is 2. The number of nitrogens with zero attached hydrogens (tertiary/aromatic N) is 1. The Morgan fingerprint density at radius 1 is 1.13 bits per heavy atom. The normalized spacial score (nSPS) is 21.5. The Labute approximate surface area is 87.7 Å². The minimum atomic E-state index is -0.924. The van der Waals surface area contributed by atoms with Crippen LogP contribution in [0.25, 0.3) is 0 Å². The zero-order valence-corrected chi connectivity index (χ0v) is 8.36. The van der Waals surface area contributed by atoms with Crippen molar-refractivity contribution >= 4 is 0 Å². The summed E-state index contributed by atoms with van der Waals surface area (Å²) in [6, 6.07) is 5.89. The molecule has 0 bridgehead atoms. The molecule has 1 aliphatic rings. The molecule has 82 valence electrons. The molecule has 1 aromatic rings. The largest absolute Gasteiger partial charge is 0.385 e.